The summed E-state index contributed by atoms with van der Waals surface area (Å²) < 4.78 is 17.9. The molecular formula is C10H12FNO3. The number of rotatable bonds is 5. The molecule has 0 heterocycles. The molecule has 0 radical (unpaired) electrons. The largest absolute Gasteiger partial charge is 0.487 e. The van der Waals surface area contributed by atoms with Gasteiger partial charge in [0.25, 0.3) is 0 Å². The summed E-state index contributed by atoms with van der Waals surface area (Å²) in [6.07, 6.45) is 1.75. The molecule has 0 amide bonds. The van der Waals surface area contributed by atoms with Crippen LogP contribution in [-0.4, -0.2) is 11.5 Å². The third kappa shape index (κ3) is 3.19. The Morgan fingerprint density at radius 2 is 2.27 bits per heavy atom. The van der Waals surface area contributed by atoms with Crippen LogP contribution in [-0.2, 0) is 0 Å². The van der Waals surface area contributed by atoms with Gasteiger partial charge >= 0.3 is 5.69 Å². The molecule has 4 nitrogen and oxygen atoms in total. The number of nitro benzene ring substituents is 1. The molecule has 0 aliphatic heterocycles. The van der Waals surface area contributed by atoms with Crippen LogP contribution < -0.4 is 4.74 Å². The summed E-state index contributed by atoms with van der Waals surface area (Å²) in [5.41, 5.74) is -0.328. The molecule has 0 aliphatic rings. The first-order valence-electron chi connectivity index (χ1n) is 4.72. The Hall–Kier alpha value is -1.65. The highest BCUT2D eigenvalue weighted by Gasteiger charge is 2.15. The molecule has 0 aliphatic carbocycles. The van der Waals surface area contributed by atoms with Gasteiger partial charge in [0, 0.05) is 0 Å². The van der Waals surface area contributed by atoms with Gasteiger partial charge < -0.3 is 4.74 Å². The van der Waals surface area contributed by atoms with Crippen LogP contribution in [0.25, 0.3) is 0 Å². The van der Waals surface area contributed by atoms with Gasteiger partial charge in [-0.15, -0.1) is 0 Å². The summed E-state index contributed by atoms with van der Waals surface area (Å²) in [5.74, 6) is -0.514. The van der Waals surface area contributed by atoms with Crippen molar-refractivity contribution in [1.29, 1.82) is 0 Å². The van der Waals surface area contributed by atoms with Gasteiger partial charge in [0.1, 0.15) is 5.82 Å². The van der Waals surface area contributed by atoms with Crippen LogP contribution in [0, 0.1) is 15.9 Å². The van der Waals surface area contributed by atoms with Crippen LogP contribution in [0.3, 0.4) is 0 Å². The fourth-order valence-corrected chi connectivity index (χ4v) is 1.08. The Bertz CT molecular complexity index is 355. The van der Waals surface area contributed by atoms with E-state index < -0.39 is 10.7 Å². The molecule has 1 rings (SSSR count). The molecule has 0 spiro atoms. The average Bonchev–Trinajstić information content (AvgIpc) is 2.20. The number of ether oxygens (including phenoxy) is 1. The van der Waals surface area contributed by atoms with E-state index >= 15 is 0 Å². The molecule has 0 N–H and O–H groups in total. The number of nitrogens with zero attached hydrogens (tertiary/aromatic N) is 1. The maximum absolute atomic E-state index is 12.7. The van der Waals surface area contributed by atoms with E-state index in [1.807, 2.05) is 6.92 Å². The van der Waals surface area contributed by atoms with E-state index in [4.69, 9.17) is 4.74 Å². The van der Waals surface area contributed by atoms with E-state index in [1.165, 1.54) is 6.07 Å². The summed E-state index contributed by atoms with van der Waals surface area (Å²) >= 11 is 0. The van der Waals surface area contributed by atoms with Gasteiger partial charge in [-0.05, 0) is 18.6 Å². The fourth-order valence-electron chi connectivity index (χ4n) is 1.08. The zero-order chi connectivity index (χ0) is 11.3. The van der Waals surface area contributed by atoms with Crippen molar-refractivity contribution in [3.05, 3.63) is 34.1 Å². The minimum Gasteiger partial charge on any atom is -0.487 e. The molecule has 0 atom stereocenters. The maximum atomic E-state index is 12.7. The molecule has 0 saturated heterocycles. The third-order valence-electron chi connectivity index (χ3n) is 1.87. The molecule has 0 aromatic heterocycles. The van der Waals surface area contributed by atoms with Crippen LogP contribution >= 0.6 is 0 Å². The van der Waals surface area contributed by atoms with Crippen LogP contribution in [0.1, 0.15) is 19.8 Å². The Kier molecular flexibility index (Phi) is 4.03. The molecule has 0 bridgehead atoms. The Labute approximate surface area is 86.8 Å². The SMILES string of the molecule is CCCCOc1ccc(F)cc1[N+](=O)[O-]. The number of hydrogen-bond donors (Lipinski definition) is 0. The molecular weight excluding hydrogens is 201 g/mol. The van der Waals surface area contributed by atoms with Gasteiger partial charge in [0.15, 0.2) is 5.75 Å². The highest BCUT2D eigenvalue weighted by Crippen LogP contribution is 2.27. The molecule has 0 unspecified atom stereocenters. The first kappa shape index (κ1) is 11.4. The van der Waals surface area contributed by atoms with E-state index in [-0.39, 0.29) is 11.4 Å². The summed E-state index contributed by atoms with van der Waals surface area (Å²) in [5, 5.41) is 10.6. The normalized spacial score (nSPS) is 10.0. The van der Waals surface area contributed by atoms with Gasteiger partial charge in [-0.3, -0.25) is 10.1 Å². The van der Waals surface area contributed by atoms with Crippen LogP contribution in [0.2, 0.25) is 0 Å². The standard InChI is InChI=1S/C10H12FNO3/c1-2-3-6-15-10-5-4-8(11)7-9(10)12(13)14/h4-5,7H,2-3,6H2,1H3. The Morgan fingerprint density at radius 1 is 1.53 bits per heavy atom. The minimum absolute atomic E-state index is 0.120. The first-order chi connectivity index (χ1) is 7.15. The third-order valence-corrected chi connectivity index (χ3v) is 1.87. The number of nitro groups is 1. The molecule has 1 aromatic rings. The summed E-state index contributed by atoms with van der Waals surface area (Å²) in [4.78, 5) is 9.92. The van der Waals surface area contributed by atoms with Crippen molar-refractivity contribution >= 4 is 5.69 Å². The minimum atomic E-state index is -0.648. The highest BCUT2D eigenvalue weighted by atomic mass is 19.1. The monoisotopic (exact) mass is 213 g/mol. The second-order valence-corrected chi connectivity index (χ2v) is 3.07. The second kappa shape index (κ2) is 5.29. The molecule has 15 heavy (non-hydrogen) atoms. The van der Waals surface area contributed by atoms with E-state index in [0.717, 1.165) is 25.0 Å². The van der Waals surface area contributed by atoms with Gasteiger partial charge in [0.2, 0.25) is 0 Å². The molecule has 0 saturated carbocycles. The fraction of sp³-hybridized carbons (Fsp3) is 0.400. The molecule has 5 heteroatoms. The van der Waals surface area contributed by atoms with Crippen molar-refractivity contribution in [2.45, 2.75) is 19.8 Å². The molecule has 82 valence electrons. The van der Waals surface area contributed by atoms with Crippen molar-refractivity contribution in [3.8, 4) is 5.75 Å². The van der Waals surface area contributed by atoms with E-state index in [0.29, 0.717) is 6.61 Å². The number of benzene rings is 1. The van der Waals surface area contributed by atoms with Crippen molar-refractivity contribution in [1.82, 2.24) is 0 Å². The highest BCUT2D eigenvalue weighted by molar-refractivity contribution is 5.46. The van der Waals surface area contributed by atoms with E-state index in [2.05, 4.69) is 0 Å². The number of unbranched alkanes of at least 4 members (excludes halogenated alkanes) is 1. The summed E-state index contributed by atoms with van der Waals surface area (Å²) in [7, 11) is 0. The summed E-state index contributed by atoms with van der Waals surface area (Å²) in [6, 6.07) is 3.29. The Balaban J connectivity index is 2.81. The van der Waals surface area contributed by atoms with Gasteiger partial charge in [0.05, 0.1) is 17.6 Å². The smallest absolute Gasteiger partial charge is 0.313 e. The van der Waals surface area contributed by atoms with Crippen molar-refractivity contribution in [3.63, 3.8) is 0 Å². The first-order valence-corrected chi connectivity index (χ1v) is 4.72. The van der Waals surface area contributed by atoms with Gasteiger partial charge in [-0.25, -0.2) is 4.39 Å². The molecule has 1 aromatic carbocycles. The average molecular weight is 213 g/mol. The zero-order valence-electron chi connectivity index (χ0n) is 8.40. The lowest BCUT2D eigenvalue weighted by Crippen LogP contribution is -2.00. The Morgan fingerprint density at radius 3 is 2.87 bits per heavy atom. The van der Waals surface area contributed by atoms with Crippen molar-refractivity contribution in [2.75, 3.05) is 6.61 Å². The summed E-state index contributed by atoms with van der Waals surface area (Å²) in [6.45, 7) is 2.39. The van der Waals surface area contributed by atoms with Crippen LogP contribution in [0.5, 0.6) is 5.75 Å². The maximum Gasteiger partial charge on any atom is 0.313 e. The predicted molar refractivity (Wildman–Crippen MR) is 53.5 cm³/mol. The lowest BCUT2D eigenvalue weighted by Gasteiger charge is -2.05. The van der Waals surface area contributed by atoms with Crippen LogP contribution in [0.4, 0.5) is 10.1 Å². The lowest BCUT2D eigenvalue weighted by atomic mass is 10.3. The van der Waals surface area contributed by atoms with Crippen molar-refractivity contribution in [2.24, 2.45) is 0 Å². The predicted octanol–water partition coefficient (Wildman–Crippen LogP) is 2.91. The zero-order valence-corrected chi connectivity index (χ0v) is 8.40. The number of halogens is 1. The van der Waals surface area contributed by atoms with Crippen LogP contribution in [0.15, 0.2) is 18.2 Å². The number of hydrogen-bond acceptors (Lipinski definition) is 3. The van der Waals surface area contributed by atoms with Gasteiger partial charge in [-0.1, -0.05) is 13.3 Å². The second-order valence-electron chi connectivity index (χ2n) is 3.07. The quantitative estimate of drug-likeness (QED) is 0.429. The lowest BCUT2D eigenvalue weighted by molar-refractivity contribution is -0.386. The van der Waals surface area contributed by atoms with E-state index in [1.54, 1.807) is 0 Å². The van der Waals surface area contributed by atoms with E-state index in [9.17, 15) is 14.5 Å². The van der Waals surface area contributed by atoms with Crippen molar-refractivity contribution < 1.29 is 14.1 Å². The topological polar surface area (TPSA) is 52.4 Å². The molecule has 0 fully saturated rings. The van der Waals surface area contributed by atoms with Gasteiger partial charge in [-0.2, -0.15) is 0 Å².